The van der Waals surface area contributed by atoms with E-state index in [1.807, 2.05) is 59.6 Å². The average molecular weight is 334 g/mol. The summed E-state index contributed by atoms with van der Waals surface area (Å²) in [5, 5.41) is 7.79. The van der Waals surface area contributed by atoms with Gasteiger partial charge in [-0.05, 0) is 35.4 Å². The van der Waals surface area contributed by atoms with Crippen LogP contribution < -0.4 is 4.74 Å². The average Bonchev–Trinajstić information content (AvgIpc) is 3.15. The summed E-state index contributed by atoms with van der Waals surface area (Å²) in [5.41, 5.74) is 2.82. The highest BCUT2D eigenvalue weighted by molar-refractivity contribution is 5.95. The SMILES string of the molecule is COc1cccc(-c2ccc(C(=O)N3CC(n4ccnn4)C3)cc2)c1. The van der Waals surface area contributed by atoms with Crippen LogP contribution in [0.15, 0.2) is 60.9 Å². The fourth-order valence-electron chi connectivity index (χ4n) is 2.99. The second kappa shape index (κ2) is 6.39. The molecule has 0 saturated carbocycles. The van der Waals surface area contributed by atoms with E-state index in [2.05, 4.69) is 10.3 Å². The van der Waals surface area contributed by atoms with E-state index in [0.717, 1.165) is 16.9 Å². The lowest BCUT2D eigenvalue weighted by Crippen LogP contribution is -2.50. The minimum absolute atomic E-state index is 0.0496. The van der Waals surface area contributed by atoms with E-state index in [9.17, 15) is 4.79 Å². The van der Waals surface area contributed by atoms with Gasteiger partial charge < -0.3 is 9.64 Å². The van der Waals surface area contributed by atoms with Crippen LogP contribution in [0, 0.1) is 0 Å². The minimum atomic E-state index is 0.0496. The highest BCUT2D eigenvalue weighted by atomic mass is 16.5. The molecule has 6 nitrogen and oxygen atoms in total. The molecule has 4 rings (SSSR count). The second-order valence-electron chi connectivity index (χ2n) is 6.06. The molecular weight excluding hydrogens is 316 g/mol. The van der Waals surface area contributed by atoms with Crippen molar-refractivity contribution in [1.29, 1.82) is 0 Å². The van der Waals surface area contributed by atoms with Crippen molar-refractivity contribution in [3.63, 3.8) is 0 Å². The lowest BCUT2D eigenvalue weighted by Gasteiger charge is -2.38. The number of carbonyl (C=O) groups excluding carboxylic acids is 1. The summed E-state index contributed by atoms with van der Waals surface area (Å²) in [5.74, 6) is 0.867. The van der Waals surface area contributed by atoms with Crippen LogP contribution in [-0.2, 0) is 0 Å². The molecule has 1 aromatic heterocycles. The Hall–Kier alpha value is -3.15. The zero-order chi connectivity index (χ0) is 17.2. The topological polar surface area (TPSA) is 60.2 Å². The molecule has 1 fully saturated rings. The second-order valence-corrected chi connectivity index (χ2v) is 6.06. The number of rotatable bonds is 4. The molecule has 126 valence electrons. The first-order valence-corrected chi connectivity index (χ1v) is 8.14. The molecule has 0 unspecified atom stereocenters. The zero-order valence-corrected chi connectivity index (χ0v) is 13.9. The number of benzene rings is 2. The molecule has 0 N–H and O–H groups in total. The van der Waals surface area contributed by atoms with E-state index < -0.39 is 0 Å². The standard InChI is InChI=1S/C19H18N4O2/c1-25-18-4-2-3-16(11-18)14-5-7-15(8-6-14)19(24)22-12-17(13-22)23-10-9-20-21-23/h2-11,17H,12-13H2,1H3. The van der Waals surface area contributed by atoms with Gasteiger partial charge >= 0.3 is 0 Å². The largest absolute Gasteiger partial charge is 0.497 e. The van der Waals surface area contributed by atoms with E-state index in [4.69, 9.17) is 4.74 Å². The van der Waals surface area contributed by atoms with E-state index >= 15 is 0 Å². The number of hydrogen-bond donors (Lipinski definition) is 0. The van der Waals surface area contributed by atoms with Crippen molar-refractivity contribution >= 4 is 5.91 Å². The van der Waals surface area contributed by atoms with Gasteiger partial charge in [0.25, 0.3) is 5.91 Å². The zero-order valence-electron chi connectivity index (χ0n) is 13.9. The van der Waals surface area contributed by atoms with Crippen LogP contribution in [0.3, 0.4) is 0 Å². The number of nitrogens with zero attached hydrogens (tertiary/aromatic N) is 4. The van der Waals surface area contributed by atoms with Gasteiger partial charge in [0.15, 0.2) is 0 Å². The fourth-order valence-corrected chi connectivity index (χ4v) is 2.99. The molecule has 0 spiro atoms. The monoisotopic (exact) mass is 334 g/mol. The Bertz CT molecular complexity index is 869. The molecule has 0 aliphatic carbocycles. The summed E-state index contributed by atoms with van der Waals surface area (Å²) in [4.78, 5) is 14.4. The van der Waals surface area contributed by atoms with Crippen molar-refractivity contribution < 1.29 is 9.53 Å². The Labute approximate surface area is 145 Å². The van der Waals surface area contributed by atoms with Gasteiger partial charge in [0.2, 0.25) is 0 Å². The number of methoxy groups -OCH3 is 1. The number of aromatic nitrogens is 3. The van der Waals surface area contributed by atoms with Gasteiger partial charge in [-0.25, -0.2) is 4.68 Å². The molecule has 2 aromatic carbocycles. The normalized spacial score (nSPS) is 14.2. The Morgan fingerprint density at radius 3 is 2.60 bits per heavy atom. The van der Waals surface area contributed by atoms with Gasteiger partial charge in [-0.15, -0.1) is 5.10 Å². The molecule has 0 atom stereocenters. The summed E-state index contributed by atoms with van der Waals surface area (Å²) in [7, 11) is 1.65. The van der Waals surface area contributed by atoms with Crippen LogP contribution in [0.25, 0.3) is 11.1 Å². The summed E-state index contributed by atoms with van der Waals surface area (Å²) in [6.45, 7) is 1.33. The molecule has 0 radical (unpaired) electrons. The fraction of sp³-hybridized carbons (Fsp3) is 0.211. The van der Waals surface area contributed by atoms with Crippen LogP contribution in [0.4, 0.5) is 0 Å². The number of carbonyl (C=O) groups is 1. The van der Waals surface area contributed by atoms with Crippen molar-refractivity contribution in [2.45, 2.75) is 6.04 Å². The summed E-state index contributed by atoms with van der Waals surface area (Å²) >= 11 is 0. The Balaban J connectivity index is 1.44. The Morgan fingerprint density at radius 2 is 1.92 bits per heavy atom. The van der Waals surface area contributed by atoms with E-state index in [1.165, 1.54) is 0 Å². The van der Waals surface area contributed by atoms with Gasteiger partial charge in [0, 0.05) is 24.8 Å². The third-order valence-corrected chi connectivity index (χ3v) is 4.50. The smallest absolute Gasteiger partial charge is 0.253 e. The third-order valence-electron chi connectivity index (χ3n) is 4.50. The van der Waals surface area contributed by atoms with Crippen molar-refractivity contribution in [3.05, 3.63) is 66.5 Å². The van der Waals surface area contributed by atoms with Crippen molar-refractivity contribution in [3.8, 4) is 16.9 Å². The van der Waals surface area contributed by atoms with E-state index in [1.54, 1.807) is 18.0 Å². The molecule has 1 amide bonds. The highest BCUT2D eigenvalue weighted by Crippen LogP contribution is 2.26. The molecule has 1 aliphatic rings. The number of ether oxygens (including phenoxy) is 1. The first-order chi connectivity index (χ1) is 12.2. The molecule has 25 heavy (non-hydrogen) atoms. The van der Waals surface area contributed by atoms with E-state index in [-0.39, 0.29) is 11.9 Å². The molecule has 6 heteroatoms. The van der Waals surface area contributed by atoms with Crippen LogP contribution in [0.1, 0.15) is 16.4 Å². The van der Waals surface area contributed by atoms with Gasteiger partial charge in [0.05, 0.1) is 19.3 Å². The minimum Gasteiger partial charge on any atom is -0.497 e. The third kappa shape index (κ3) is 2.98. The first kappa shape index (κ1) is 15.4. The maximum absolute atomic E-state index is 12.6. The predicted octanol–water partition coefficient (Wildman–Crippen LogP) is 2.65. The molecular formula is C19H18N4O2. The van der Waals surface area contributed by atoms with Gasteiger partial charge in [0.1, 0.15) is 5.75 Å². The van der Waals surface area contributed by atoms with Gasteiger partial charge in [-0.3, -0.25) is 4.79 Å². The maximum Gasteiger partial charge on any atom is 0.253 e. The molecule has 3 aromatic rings. The quantitative estimate of drug-likeness (QED) is 0.736. The van der Waals surface area contributed by atoms with Gasteiger partial charge in [-0.2, -0.15) is 0 Å². The molecule has 1 aliphatic heterocycles. The van der Waals surface area contributed by atoms with Crippen LogP contribution in [0.2, 0.25) is 0 Å². The number of amides is 1. The number of likely N-dealkylation sites (tertiary alicyclic amines) is 1. The first-order valence-electron chi connectivity index (χ1n) is 8.14. The summed E-state index contributed by atoms with van der Waals surface area (Å²) in [6, 6.07) is 15.8. The molecule has 1 saturated heterocycles. The Kier molecular flexibility index (Phi) is 3.93. The van der Waals surface area contributed by atoms with Crippen molar-refractivity contribution in [2.75, 3.05) is 20.2 Å². The Morgan fingerprint density at radius 1 is 1.12 bits per heavy atom. The van der Waals surface area contributed by atoms with Crippen LogP contribution >= 0.6 is 0 Å². The number of hydrogen-bond acceptors (Lipinski definition) is 4. The highest BCUT2D eigenvalue weighted by Gasteiger charge is 2.32. The van der Waals surface area contributed by atoms with E-state index in [0.29, 0.717) is 18.7 Å². The van der Waals surface area contributed by atoms with Crippen LogP contribution in [0.5, 0.6) is 5.75 Å². The lowest BCUT2D eigenvalue weighted by molar-refractivity contribution is 0.0498. The van der Waals surface area contributed by atoms with Gasteiger partial charge in [-0.1, -0.05) is 29.5 Å². The molecule has 0 bridgehead atoms. The maximum atomic E-state index is 12.6. The summed E-state index contributed by atoms with van der Waals surface area (Å²) < 4.78 is 7.06. The lowest BCUT2D eigenvalue weighted by atomic mass is 10.0. The van der Waals surface area contributed by atoms with Crippen molar-refractivity contribution in [2.24, 2.45) is 0 Å². The molecule has 2 heterocycles. The predicted molar refractivity (Wildman–Crippen MR) is 93.4 cm³/mol. The van der Waals surface area contributed by atoms with Crippen molar-refractivity contribution in [1.82, 2.24) is 19.9 Å². The summed E-state index contributed by atoms with van der Waals surface area (Å²) in [6.07, 6.45) is 3.48. The van der Waals surface area contributed by atoms with Crippen LogP contribution in [-0.4, -0.2) is 46.0 Å².